The van der Waals surface area contributed by atoms with E-state index in [1.807, 2.05) is 37.4 Å². The summed E-state index contributed by atoms with van der Waals surface area (Å²) < 4.78 is 11.1. The molecule has 2 aromatic rings. The predicted octanol–water partition coefficient (Wildman–Crippen LogP) is 2.78. The molecule has 0 bridgehead atoms. The summed E-state index contributed by atoms with van der Waals surface area (Å²) in [6.45, 7) is 5.41. The number of aromatic nitrogens is 1. The van der Waals surface area contributed by atoms with Crippen molar-refractivity contribution >= 4 is 17.4 Å². The molecule has 2 amide bonds. The number of thiazole rings is 1. The molecule has 0 spiro atoms. The van der Waals surface area contributed by atoms with Crippen molar-refractivity contribution in [2.24, 2.45) is 0 Å². The maximum atomic E-state index is 12.0. The first-order chi connectivity index (χ1) is 11.1. The summed E-state index contributed by atoms with van der Waals surface area (Å²) in [5.41, 5.74) is 1.84. The largest absolute Gasteiger partial charge is 0.486 e. The van der Waals surface area contributed by atoms with Crippen LogP contribution in [0.1, 0.15) is 29.2 Å². The highest BCUT2D eigenvalue weighted by Crippen LogP contribution is 2.32. The van der Waals surface area contributed by atoms with E-state index in [0.29, 0.717) is 19.8 Å². The van der Waals surface area contributed by atoms with Gasteiger partial charge in [0.15, 0.2) is 11.5 Å². The van der Waals surface area contributed by atoms with E-state index in [1.165, 1.54) is 0 Å². The van der Waals surface area contributed by atoms with Gasteiger partial charge in [-0.05, 0) is 31.5 Å². The molecule has 0 radical (unpaired) electrons. The van der Waals surface area contributed by atoms with E-state index in [4.69, 9.17) is 9.47 Å². The Morgan fingerprint density at radius 2 is 2.13 bits per heavy atom. The Morgan fingerprint density at radius 3 is 2.87 bits per heavy atom. The molecule has 2 heterocycles. The van der Waals surface area contributed by atoms with E-state index in [0.717, 1.165) is 27.8 Å². The zero-order valence-electron chi connectivity index (χ0n) is 13.1. The number of urea groups is 1. The summed E-state index contributed by atoms with van der Waals surface area (Å²) in [5, 5.41) is 8.66. The molecule has 0 fully saturated rings. The average Bonchev–Trinajstić information content (AvgIpc) is 2.98. The molecular formula is C16H19N3O3S. The van der Waals surface area contributed by atoms with Gasteiger partial charge in [-0.25, -0.2) is 9.78 Å². The van der Waals surface area contributed by atoms with Gasteiger partial charge in [0, 0.05) is 5.38 Å². The number of carbonyl (C=O) groups is 1. The summed E-state index contributed by atoms with van der Waals surface area (Å²) in [6, 6.07) is 5.35. The molecule has 1 aromatic heterocycles. The Kier molecular flexibility index (Phi) is 4.66. The van der Waals surface area contributed by atoms with Crippen LogP contribution in [0.5, 0.6) is 11.5 Å². The highest BCUT2D eigenvalue weighted by atomic mass is 32.1. The lowest BCUT2D eigenvalue weighted by Crippen LogP contribution is -2.36. The lowest BCUT2D eigenvalue weighted by Gasteiger charge is -2.21. The quantitative estimate of drug-likeness (QED) is 0.902. The molecule has 6 nitrogen and oxygen atoms in total. The smallest absolute Gasteiger partial charge is 0.315 e. The third-order valence-corrected chi connectivity index (χ3v) is 4.33. The van der Waals surface area contributed by atoms with Crippen LogP contribution in [0.4, 0.5) is 4.79 Å². The van der Waals surface area contributed by atoms with Crippen molar-refractivity contribution < 1.29 is 14.3 Å². The first-order valence-electron chi connectivity index (χ1n) is 7.47. The second-order valence-electron chi connectivity index (χ2n) is 5.31. The minimum atomic E-state index is -0.224. The molecule has 1 unspecified atom stereocenters. The summed E-state index contributed by atoms with van der Waals surface area (Å²) in [5.74, 6) is 1.47. The third kappa shape index (κ3) is 3.92. The van der Waals surface area contributed by atoms with Gasteiger partial charge in [0.2, 0.25) is 0 Å². The molecule has 0 aliphatic carbocycles. The number of benzene rings is 1. The van der Waals surface area contributed by atoms with E-state index in [-0.39, 0.29) is 12.1 Å². The molecule has 1 aliphatic heterocycles. The molecule has 0 saturated carbocycles. The van der Waals surface area contributed by atoms with Crippen LogP contribution in [0, 0.1) is 6.92 Å². The monoisotopic (exact) mass is 333 g/mol. The van der Waals surface area contributed by atoms with E-state index in [1.54, 1.807) is 11.3 Å². The zero-order chi connectivity index (χ0) is 16.2. The number of nitrogens with one attached hydrogen (secondary N) is 2. The summed E-state index contributed by atoms with van der Waals surface area (Å²) in [6.07, 6.45) is 0. The van der Waals surface area contributed by atoms with Gasteiger partial charge >= 0.3 is 6.03 Å². The molecule has 1 aliphatic rings. The molecule has 23 heavy (non-hydrogen) atoms. The first kappa shape index (κ1) is 15.6. The number of hydrogen-bond acceptors (Lipinski definition) is 5. The number of nitrogens with zero attached hydrogens (tertiary/aromatic N) is 1. The zero-order valence-corrected chi connectivity index (χ0v) is 13.9. The topological polar surface area (TPSA) is 72.5 Å². The van der Waals surface area contributed by atoms with Gasteiger partial charge in [0.1, 0.15) is 13.2 Å². The van der Waals surface area contributed by atoms with Gasteiger partial charge < -0.3 is 20.1 Å². The highest BCUT2D eigenvalue weighted by Gasteiger charge is 2.15. The van der Waals surface area contributed by atoms with Crippen molar-refractivity contribution in [3.63, 3.8) is 0 Å². The summed E-state index contributed by atoms with van der Waals surface area (Å²) in [7, 11) is 0. The van der Waals surface area contributed by atoms with Gasteiger partial charge in [-0.3, -0.25) is 0 Å². The summed E-state index contributed by atoms with van der Waals surface area (Å²) in [4.78, 5) is 16.3. The van der Waals surface area contributed by atoms with Crippen LogP contribution in [0.25, 0.3) is 0 Å². The third-order valence-electron chi connectivity index (χ3n) is 3.51. The van der Waals surface area contributed by atoms with Crippen LogP contribution < -0.4 is 20.1 Å². The predicted molar refractivity (Wildman–Crippen MR) is 88.1 cm³/mol. The van der Waals surface area contributed by atoms with Gasteiger partial charge in [0.05, 0.1) is 23.3 Å². The van der Waals surface area contributed by atoms with Crippen molar-refractivity contribution in [1.82, 2.24) is 15.6 Å². The van der Waals surface area contributed by atoms with E-state index >= 15 is 0 Å². The SMILES string of the molecule is Cc1nc(CNC(=O)NC(C)c2ccc3c(c2)OCCO3)cs1. The molecule has 1 atom stereocenters. The summed E-state index contributed by atoms with van der Waals surface area (Å²) >= 11 is 1.57. The van der Waals surface area contributed by atoms with Crippen molar-refractivity contribution in [3.05, 3.63) is 39.8 Å². The molecule has 3 rings (SSSR count). The second-order valence-corrected chi connectivity index (χ2v) is 6.37. The number of fused-ring (bicyclic) bond motifs is 1. The lowest BCUT2D eigenvalue weighted by molar-refractivity contribution is 0.171. The van der Waals surface area contributed by atoms with Crippen LogP contribution in [0.3, 0.4) is 0 Å². The Balaban J connectivity index is 1.55. The normalized spacial score (nSPS) is 14.2. The van der Waals surface area contributed by atoms with E-state index < -0.39 is 0 Å². The second kappa shape index (κ2) is 6.87. The van der Waals surface area contributed by atoms with Crippen LogP contribution in [0.2, 0.25) is 0 Å². The van der Waals surface area contributed by atoms with Crippen molar-refractivity contribution in [2.75, 3.05) is 13.2 Å². The fraction of sp³-hybridized carbons (Fsp3) is 0.375. The Hall–Kier alpha value is -2.28. The number of hydrogen-bond donors (Lipinski definition) is 2. The van der Waals surface area contributed by atoms with Crippen LogP contribution in [-0.4, -0.2) is 24.2 Å². The molecule has 0 saturated heterocycles. The van der Waals surface area contributed by atoms with Crippen molar-refractivity contribution in [3.8, 4) is 11.5 Å². The first-order valence-corrected chi connectivity index (χ1v) is 8.34. The Bertz CT molecular complexity index is 702. The van der Waals surface area contributed by atoms with E-state index in [2.05, 4.69) is 15.6 Å². The Morgan fingerprint density at radius 1 is 1.35 bits per heavy atom. The number of amides is 2. The standard InChI is InChI=1S/C16H19N3O3S/c1-10(12-3-4-14-15(7-12)22-6-5-21-14)18-16(20)17-8-13-9-23-11(2)19-13/h3-4,7,9-10H,5-6,8H2,1-2H3,(H2,17,18,20). The minimum Gasteiger partial charge on any atom is -0.486 e. The highest BCUT2D eigenvalue weighted by molar-refractivity contribution is 7.09. The van der Waals surface area contributed by atoms with Crippen molar-refractivity contribution in [1.29, 1.82) is 0 Å². The molecule has 1 aromatic carbocycles. The van der Waals surface area contributed by atoms with Crippen LogP contribution in [0.15, 0.2) is 23.6 Å². The minimum absolute atomic E-state index is 0.136. The number of carbonyl (C=O) groups excluding carboxylic acids is 1. The van der Waals surface area contributed by atoms with Crippen LogP contribution >= 0.6 is 11.3 Å². The fourth-order valence-corrected chi connectivity index (χ4v) is 2.93. The lowest BCUT2D eigenvalue weighted by atomic mass is 10.1. The fourth-order valence-electron chi connectivity index (χ4n) is 2.32. The number of aryl methyl sites for hydroxylation is 1. The van der Waals surface area contributed by atoms with Gasteiger partial charge in [0.25, 0.3) is 0 Å². The molecular weight excluding hydrogens is 314 g/mol. The Labute approximate surface area is 138 Å². The van der Waals surface area contributed by atoms with Gasteiger partial charge in [-0.1, -0.05) is 6.07 Å². The molecule has 2 N–H and O–H groups in total. The van der Waals surface area contributed by atoms with Crippen molar-refractivity contribution in [2.45, 2.75) is 26.4 Å². The van der Waals surface area contributed by atoms with Gasteiger partial charge in [-0.2, -0.15) is 0 Å². The average molecular weight is 333 g/mol. The molecule has 122 valence electrons. The van der Waals surface area contributed by atoms with E-state index in [9.17, 15) is 4.79 Å². The maximum Gasteiger partial charge on any atom is 0.315 e. The number of rotatable bonds is 4. The number of ether oxygens (including phenoxy) is 2. The van der Waals surface area contributed by atoms with Gasteiger partial charge in [-0.15, -0.1) is 11.3 Å². The maximum absolute atomic E-state index is 12.0. The van der Waals surface area contributed by atoms with Crippen LogP contribution in [-0.2, 0) is 6.54 Å². The molecule has 7 heteroatoms.